The molecule has 0 aliphatic carbocycles. The number of hydrogen-bond donors (Lipinski definition) is 1. The van der Waals surface area contributed by atoms with Crippen LogP contribution in [0.3, 0.4) is 0 Å². The quantitative estimate of drug-likeness (QED) is 0.442. The van der Waals surface area contributed by atoms with Crippen molar-refractivity contribution in [3.8, 4) is 17.2 Å². The highest BCUT2D eigenvalue weighted by molar-refractivity contribution is 7.89. The van der Waals surface area contributed by atoms with Crippen molar-refractivity contribution in [2.24, 2.45) is 0 Å². The van der Waals surface area contributed by atoms with Gasteiger partial charge in [0.15, 0.2) is 11.5 Å². The fourth-order valence-corrected chi connectivity index (χ4v) is 5.35. The van der Waals surface area contributed by atoms with Crippen molar-refractivity contribution in [3.63, 3.8) is 0 Å². The Morgan fingerprint density at radius 1 is 1.03 bits per heavy atom. The molecule has 0 saturated carbocycles. The molecule has 0 saturated heterocycles. The number of nitrogens with zero attached hydrogens (tertiary/aromatic N) is 1. The van der Waals surface area contributed by atoms with Gasteiger partial charge in [0.25, 0.3) is 0 Å². The third kappa shape index (κ3) is 6.05. The second kappa shape index (κ2) is 11.0. The molecule has 0 atom stereocenters. The minimum atomic E-state index is -4.01. The molecule has 0 fully saturated rings. The summed E-state index contributed by atoms with van der Waals surface area (Å²) in [7, 11) is -2.56. The maximum absolute atomic E-state index is 13.5. The molecule has 0 unspecified atom stereocenters. The fraction of sp³-hybridized carbons (Fsp3) is 0.240. The molecule has 1 aliphatic rings. The zero-order chi connectivity index (χ0) is 24.8. The monoisotopic (exact) mass is 516 g/mol. The summed E-state index contributed by atoms with van der Waals surface area (Å²) in [4.78, 5) is 12.8. The van der Waals surface area contributed by atoms with E-state index in [4.69, 9.17) is 25.8 Å². The van der Waals surface area contributed by atoms with Crippen LogP contribution in [0, 0.1) is 0 Å². The number of carbonyl (C=O) groups is 1. The van der Waals surface area contributed by atoms with Gasteiger partial charge in [-0.2, -0.15) is 4.31 Å². The van der Waals surface area contributed by atoms with Crippen molar-refractivity contribution in [1.29, 1.82) is 0 Å². The van der Waals surface area contributed by atoms with E-state index < -0.39 is 15.9 Å². The van der Waals surface area contributed by atoms with Crippen LogP contribution in [0.25, 0.3) is 0 Å². The lowest BCUT2D eigenvalue weighted by Gasteiger charge is -2.22. The number of fused-ring (bicyclic) bond motifs is 1. The van der Waals surface area contributed by atoms with Gasteiger partial charge in [0.2, 0.25) is 22.7 Å². The first-order valence-corrected chi connectivity index (χ1v) is 12.7. The molecule has 1 aliphatic heterocycles. The Morgan fingerprint density at radius 3 is 2.54 bits per heavy atom. The Kier molecular flexibility index (Phi) is 7.80. The van der Waals surface area contributed by atoms with Crippen LogP contribution in [-0.2, 0) is 27.8 Å². The number of hydrogen-bond acceptors (Lipinski definition) is 6. The Hall–Kier alpha value is -3.27. The Labute approximate surface area is 209 Å². The molecule has 1 heterocycles. The molecule has 1 N–H and O–H groups in total. The largest absolute Gasteiger partial charge is 0.495 e. The SMILES string of the molecule is COc1ccc(S(=O)(=O)N(CCc2ccccc2)CC(=O)NCc2ccc3c(c2)OCO3)cc1Cl. The van der Waals surface area contributed by atoms with Crippen LogP contribution in [0.1, 0.15) is 11.1 Å². The van der Waals surface area contributed by atoms with Gasteiger partial charge in [-0.15, -0.1) is 0 Å². The number of halogens is 1. The summed E-state index contributed by atoms with van der Waals surface area (Å²) in [6.07, 6.45) is 0.444. The van der Waals surface area contributed by atoms with Gasteiger partial charge >= 0.3 is 0 Å². The third-order valence-electron chi connectivity index (χ3n) is 5.50. The van der Waals surface area contributed by atoms with Gasteiger partial charge in [-0.25, -0.2) is 8.42 Å². The fourth-order valence-electron chi connectivity index (χ4n) is 3.61. The standard InChI is InChI=1S/C25H25ClN2O6S/c1-32-22-10-8-20(14-21(22)26)35(30,31)28(12-11-18-5-3-2-4-6-18)16-25(29)27-15-19-7-9-23-24(13-19)34-17-33-23/h2-10,13-14H,11-12,15-17H2,1H3,(H,27,29). The van der Waals surface area contributed by atoms with Crippen LogP contribution in [-0.4, -0.2) is 45.6 Å². The van der Waals surface area contributed by atoms with Gasteiger partial charge in [-0.3, -0.25) is 4.79 Å². The van der Waals surface area contributed by atoms with E-state index in [1.165, 1.54) is 25.3 Å². The molecule has 0 aromatic heterocycles. The van der Waals surface area contributed by atoms with Crippen molar-refractivity contribution in [1.82, 2.24) is 9.62 Å². The summed E-state index contributed by atoms with van der Waals surface area (Å²) >= 11 is 6.17. The van der Waals surface area contributed by atoms with Gasteiger partial charge in [-0.1, -0.05) is 48.0 Å². The van der Waals surface area contributed by atoms with E-state index in [2.05, 4.69) is 5.32 Å². The molecule has 0 spiro atoms. The number of ether oxygens (including phenoxy) is 3. The van der Waals surface area contributed by atoms with Crippen LogP contribution in [0.2, 0.25) is 5.02 Å². The summed E-state index contributed by atoms with van der Waals surface area (Å²) < 4.78 is 43.9. The van der Waals surface area contributed by atoms with Gasteiger partial charge in [-0.05, 0) is 47.9 Å². The molecule has 3 aromatic carbocycles. The van der Waals surface area contributed by atoms with Crippen molar-refractivity contribution in [2.75, 3.05) is 27.0 Å². The first kappa shape index (κ1) is 24.8. The summed E-state index contributed by atoms with van der Waals surface area (Å²) in [5, 5.41) is 2.95. The highest BCUT2D eigenvalue weighted by Crippen LogP contribution is 2.32. The third-order valence-corrected chi connectivity index (χ3v) is 7.64. The number of carbonyl (C=O) groups excluding carboxylic acids is 1. The Balaban J connectivity index is 1.49. The lowest BCUT2D eigenvalue weighted by Crippen LogP contribution is -2.41. The molecule has 3 aromatic rings. The summed E-state index contributed by atoms with van der Waals surface area (Å²) in [5.74, 6) is 1.19. The first-order chi connectivity index (χ1) is 16.9. The predicted octanol–water partition coefficient (Wildman–Crippen LogP) is 3.63. The molecule has 10 heteroatoms. The topological polar surface area (TPSA) is 94.2 Å². The second-order valence-electron chi connectivity index (χ2n) is 7.83. The van der Waals surface area contributed by atoms with Crippen LogP contribution < -0.4 is 19.5 Å². The predicted molar refractivity (Wildman–Crippen MR) is 131 cm³/mol. The maximum atomic E-state index is 13.5. The van der Waals surface area contributed by atoms with Gasteiger partial charge < -0.3 is 19.5 Å². The van der Waals surface area contributed by atoms with Crippen molar-refractivity contribution < 1.29 is 27.4 Å². The van der Waals surface area contributed by atoms with Crippen molar-refractivity contribution in [3.05, 3.63) is 82.9 Å². The molecule has 8 nitrogen and oxygen atoms in total. The number of sulfonamides is 1. The minimum Gasteiger partial charge on any atom is -0.495 e. The van der Waals surface area contributed by atoms with Crippen LogP contribution >= 0.6 is 11.6 Å². The average molecular weight is 517 g/mol. The summed E-state index contributed by atoms with van der Waals surface area (Å²) in [5.41, 5.74) is 1.77. The number of amides is 1. The highest BCUT2D eigenvalue weighted by atomic mass is 35.5. The molecular weight excluding hydrogens is 492 g/mol. The second-order valence-corrected chi connectivity index (χ2v) is 10.2. The summed E-state index contributed by atoms with van der Waals surface area (Å²) in [6.45, 7) is 0.155. The minimum absolute atomic E-state index is 0.0140. The number of methoxy groups -OCH3 is 1. The van der Waals surface area contributed by atoms with Gasteiger partial charge in [0, 0.05) is 13.1 Å². The van der Waals surface area contributed by atoms with E-state index in [-0.39, 0.29) is 36.3 Å². The number of nitrogens with one attached hydrogen (secondary N) is 1. The average Bonchev–Trinajstić information content (AvgIpc) is 3.33. The molecule has 35 heavy (non-hydrogen) atoms. The van der Waals surface area contributed by atoms with E-state index in [1.54, 1.807) is 12.1 Å². The highest BCUT2D eigenvalue weighted by Gasteiger charge is 2.27. The molecule has 1 amide bonds. The van der Waals surface area contributed by atoms with E-state index in [0.29, 0.717) is 23.7 Å². The van der Waals surface area contributed by atoms with Crippen LogP contribution in [0.5, 0.6) is 17.2 Å². The first-order valence-electron chi connectivity index (χ1n) is 10.9. The lowest BCUT2D eigenvalue weighted by atomic mass is 10.1. The molecule has 4 rings (SSSR count). The van der Waals surface area contributed by atoms with E-state index in [0.717, 1.165) is 15.4 Å². The maximum Gasteiger partial charge on any atom is 0.243 e. The number of rotatable bonds is 10. The summed E-state index contributed by atoms with van der Waals surface area (Å²) in [6, 6.07) is 19.1. The number of benzene rings is 3. The Bertz CT molecular complexity index is 1300. The van der Waals surface area contributed by atoms with E-state index in [1.807, 2.05) is 36.4 Å². The Morgan fingerprint density at radius 2 is 1.80 bits per heavy atom. The van der Waals surface area contributed by atoms with E-state index >= 15 is 0 Å². The van der Waals surface area contributed by atoms with Gasteiger partial charge in [0.1, 0.15) is 5.75 Å². The smallest absolute Gasteiger partial charge is 0.243 e. The zero-order valence-corrected chi connectivity index (χ0v) is 20.6. The molecule has 0 bridgehead atoms. The molecule has 0 radical (unpaired) electrons. The zero-order valence-electron chi connectivity index (χ0n) is 19.1. The van der Waals surface area contributed by atoms with Crippen LogP contribution in [0.15, 0.2) is 71.6 Å². The molecule has 184 valence electrons. The lowest BCUT2D eigenvalue weighted by molar-refractivity contribution is -0.121. The van der Waals surface area contributed by atoms with Gasteiger partial charge in [0.05, 0.1) is 23.6 Å². The molecular formula is C25H25ClN2O6S. The van der Waals surface area contributed by atoms with Crippen LogP contribution in [0.4, 0.5) is 0 Å². The normalized spacial score (nSPS) is 12.5. The van der Waals surface area contributed by atoms with E-state index in [9.17, 15) is 13.2 Å². The van der Waals surface area contributed by atoms with Crippen molar-refractivity contribution in [2.45, 2.75) is 17.9 Å². The van der Waals surface area contributed by atoms with Crippen molar-refractivity contribution >= 4 is 27.5 Å².